The normalized spacial score (nSPS) is 11.3. The van der Waals surface area contributed by atoms with Crippen molar-refractivity contribution in [3.8, 4) is 11.4 Å². The van der Waals surface area contributed by atoms with Crippen LogP contribution >= 0.6 is 0 Å². The Morgan fingerprint density at radius 3 is 2.26 bits per heavy atom. The number of nitrogens with one attached hydrogen (secondary N) is 2. The number of aromatic nitrogens is 2. The van der Waals surface area contributed by atoms with Crippen LogP contribution in [0.1, 0.15) is 20.8 Å². The van der Waals surface area contributed by atoms with Crippen molar-refractivity contribution in [3.05, 3.63) is 72.1 Å². The van der Waals surface area contributed by atoms with Gasteiger partial charge >= 0.3 is 0 Å². The maximum absolute atomic E-state index is 12.3. The van der Waals surface area contributed by atoms with Gasteiger partial charge in [0.25, 0.3) is 21.8 Å². The number of amides is 2. The zero-order chi connectivity index (χ0) is 22.6. The predicted octanol–water partition coefficient (Wildman–Crippen LogP) is 0.835. The van der Waals surface area contributed by atoms with E-state index in [9.17, 15) is 23.1 Å². The van der Waals surface area contributed by atoms with E-state index in [-0.39, 0.29) is 21.9 Å². The third-order valence-corrected chi connectivity index (χ3v) is 5.92. The summed E-state index contributed by atoms with van der Waals surface area (Å²) >= 11 is 0. The zero-order valence-corrected chi connectivity index (χ0v) is 17.3. The van der Waals surface area contributed by atoms with Crippen molar-refractivity contribution in [3.63, 3.8) is 0 Å². The summed E-state index contributed by atoms with van der Waals surface area (Å²) in [6.45, 7) is 0. The number of hydrazine groups is 1. The van der Waals surface area contributed by atoms with Crippen molar-refractivity contribution in [1.29, 1.82) is 0 Å². The number of nitrogens with zero attached hydrogens (tertiary/aromatic N) is 3. The molecule has 0 unspecified atom stereocenters. The SMILES string of the molecule is CON(C)S(=O)(=O)c1ccc(C(=O)NNC(=O)c2nn(-c3ccccc3)cc2O)cc1. The highest BCUT2D eigenvalue weighted by Gasteiger charge is 2.21. The molecule has 0 aliphatic rings. The summed E-state index contributed by atoms with van der Waals surface area (Å²) in [6.07, 6.45) is 1.27. The lowest BCUT2D eigenvalue weighted by molar-refractivity contribution is -0.0258. The first kappa shape index (κ1) is 22.0. The minimum atomic E-state index is -3.85. The topological polar surface area (TPSA) is 143 Å². The predicted molar refractivity (Wildman–Crippen MR) is 109 cm³/mol. The first-order valence-electron chi connectivity index (χ1n) is 8.82. The second-order valence-corrected chi connectivity index (χ2v) is 8.11. The molecule has 12 heteroatoms. The molecule has 2 amide bonds. The van der Waals surface area contributed by atoms with Gasteiger partial charge in [-0.2, -0.15) is 5.10 Å². The standard InChI is InChI=1S/C19H19N5O6S/c1-23(30-2)31(28,29)15-10-8-13(9-11-15)18(26)20-21-19(27)17-16(25)12-24(22-17)14-6-4-3-5-7-14/h3-12,25H,1-2H3,(H,20,26)(H,21,27). The largest absolute Gasteiger partial charge is 0.504 e. The van der Waals surface area contributed by atoms with E-state index in [2.05, 4.69) is 20.8 Å². The molecule has 0 spiro atoms. The molecule has 0 aliphatic heterocycles. The fourth-order valence-corrected chi connectivity index (χ4v) is 3.48. The van der Waals surface area contributed by atoms with Gasteiger partial charge in [0.1, 0.15) is 0 Å². The highest BCUT2D eigenvalue weighted by molar-refractivity contribution is 7.89. The fraction of sp³-hybridized carbons (Fsp3) is 0.105. The number of hydroxylamine groups is 1. The lowest BCUT2D eigenvalue weighted by Crippen LogP contribution is -2.41. The van der Waals surface area contributed by atoms with Crippen molar-refractivity contribution in [1.82, 2.24) is 25.1 Å². The molecule has 11 nitrogen and oxygen atoms in total. The summed E-state index contributed by atoms with van der Waals surface area (Å²) in [5.74, 6) is -1.90. The third kappa shape index (κ3) is 4.71. The molecule has 1 heterocycles. The summed E-state index contributed by atoms with van der Waals surface area (Å²) in [6, 6.07) is 13.9. The summed E-state index contributed by atoms with van der Waals surface area (Å²) in [5, 5.41) is 14.0. The Labute approximate surface area is 177 Å². The quantitative estimate of drug-likeness (QED) is 0.477. The number of hydrogen-bond donors (Lipinski definition) is 3. The van der Waals surface area contributed by atoms with Gasteiger partial charge < -0.3 is 5.11 Å². The van der Waals surface area contributed by atoms with Crippen LogP contribution in [-0.4, -0.2) is 53.7 Å². The van der Waals surface area contributed by atoms with E-state index in [4.69, 9.17) is 0 Å². The molecular weight excluding hydrogens is 426 g/mol. The van der Waals surface area contributed by atoms with Crippen molar-refractivity contribution in [2.75, 3.05) is 14.2 Å². The number of hydrogen-bond acceptors (Lipinski definition) is 7. The average molecular weight is 445 g/mol. The van der Waals surface area contributed by atoms with Crippen molar-refractivity contribution in [2.45, 2.75) is 4.90 Å². The second kappa shape index (κ2) is 8.95. The number of carbonyl (C=O) groups excluding carboxylic acids is 2. The van der Waals surface area contributed by atoms with Crippen LogP contribution in [0.5, 0.6) is 5.75 Å². The molecule has 0 bridgehead atoms. The summed E-state index contributed by atoms with van der Waals surface area (Å²) in [7, 11) is -1.40. The highest BCUT2D eigenvalue weighted by Crippen LogP contribution is 2.18. The third-order valence-electron chi connectivity index (χ3n) is 4.23. The van der Waals surface area contributed by atoms with E-state index < -0.39 is 21.8 Å². The molecule has 162 valence electrons. The van der Waals surface area contributed by atoms with Crippen LogP contribution in [0.25, 0.3) is 5.69 Å². The maximum atomic E-state index is 12.3. The Morgan fingerprint density at radius 2 is 1.65 bits per heavy atom. The van der Waals surface area contributed by atoms with Gasteiger partial charge in [-0.05, 0) is 36.4 Å². The van der Waals surface area contributed by atoms with Crippen molar-refractivity contribution < 1.29 is 28.0 Å². The van der Waals surface area contributed by atoms with Crippen LogP contribution in [-0.2, 0) is 14.9 Å². The van der Waals surface area contributed by atoms with E-state index in [1.54, 1.807) is 24.3 Å². The number of aromatic hydroxyl groups is 1. The molecule has 31 heavy (non-hydrogen) atoms. The van der Waals surface area contributed by atoms with E-state index in [1.165, 1.54) is 49.3 Å². The molecule has 3 aromatic rings. The second-order valence-electron chi connectivity index (χ2n) is 6.17. The zero-order valence-electron chi connectivity index (χ0n) is 16.5. The Balaban J connectivity index is 1.66. The number of benzene rings is 2. The molecule has 1 aromatic heterocycles. The number of rotatable bonds is 6. The van der Waals surface area contributed by atoms with E-state index in [0.29, 0.717) is 10.2 Å². The molecule has 3 N–H and O–H groups in total. The molecule has 0 saturated carbocycles. The maximum Gasteiger partial charge on any atom is 0.294 e. The van der Waals surface area contributed by atoms with Crippen LogP contribution in [0.4, 0.5) is 0 Å². The fourth-order valence-electron chi connectivity index (χ4n) is 2.51. The number of carbonyl (C=O) groups is 2. The van der Waals surface area contributed by atoms with Crippen LogP contribution in [0.15, 0.2) is 65.7 Å². The Bertz CT molecular complexity index is 1190. The highest BCUT2D eigenvalue weighted by atomic mass is 32.2. The lowest BCUT2D eigenvalue weighted by Gasteiger charge is -2.14. The summed E-state index contributed by atoms with van der Waals surface area (Å²) < 4.78 is 26.3. The molecule has 0 aliphatic carbocycles. The minimum absolute atomic E-state index is 0.0752. The minimum Gasteiger partial charge on any atom is -0.504 e. The van der Waals surface area contributed by atoms with Gasteiger partial charge in [0.05, 0.1) is 23.9 Å². The van der Waals surface area contributed by atoms with Crippen LogP contribution in [0.2, 0.25) is 0 Å². The summed E-state index contributed by atoms with van der Waals surface area (Å²) in [5.41, 5.74) is 4.78. The Kier molecular flexibility index (Phi) is 6.34. The van der Waals surface area contributed by atoms with Gasteiger partial charge in [0, 0.05) is 12.6 Å². The molecule has 2 aromatic carbocycles. The molecule has 0 fully saturated rings. The molecule has 0 saturated heterocycles. The number of para-hydroxylation sites is 1. The van der Waals surface area contributed by atoms with Gasteiger partial charge in [0.2, 0.25) is 0 Å². The van der Waals surface area contributed by atoms with Crippen molar-refractivity contribution >= 4 is 21.8 Å². The van der Waals surface area contributed by atoms with Gasteiger partial charge in [-0.3, -0.25) is 25.3 Å². The Hall–Kier alpha value is -3.74. The molecular formula is C19H19N5O6S. The first-order valence-corrected chi connectivity index (χ1v) is 10.3. The van der Waals surface area contributed by atoms with E-state index in [0.717, 1.165) is 0 Å². The van der Waals surface area contributed by atoms with Crippen LogP contribution in [0.3, 0.4) is 0 Å². The van der Waals surface area contributed by atoms with Crippen LogP contribution < -0.4 is 10.9 Å². The molecule has 0 radical (unpaired) electrons. The summed E-state index contributed by atoms with van der Waals surface area (Å²) in [4.78, 5) is 29.1. The lowest BCUT2D eigenvalue weighted by atomic mass is 10.2. The average Bonchev–Trinajstić information content (AvgIpc) is 3.19. The van der Waals surface area contributed by atoms with Crippen LogP contribution in [0, 0.1) is 0 Å². The monoisotopic (exact) mass is 445 g/mol. The van der Waals surface area contributed by atoms with Gasteiger partial charge in [-0.1, -0.05) is 22.7 Å². The van der Waals surface area contributed by atoms with Gasteiger partial charge in [0.15, 0.2) is 11.4 Å². The van der Waals surface area contributed by atoms with E-state index >= 15 is 0 Å². The first-order chi connectivity index (χ1) is 14.7. The number of sulfonamides is 1. The Morgan fingerprint density at radius 1 is 1.03 bits per heavy atom. The van der Waals surface area contributed by atoms with Gasteiger partial charge in [-0.25, -0.2) is 13.1 Å². The smallest absolute Gasteiger partial charge is 0.294 e. The van der Waals surface area contributed by atoms with Crippen molar-refractivity contribution in [2.24, 2.45) is 0 Å². The molecule has 3 rings (SSSR count). The van der Waals surface area contributed by atoms with E-state index in [1.807, 2.05) is 6.07 Å². The van der Waals surface area contributed by atoms with Gasteiger partial charge in [-0.15, -0.1) is 0 Å². The molecule has 0 atom stereocenters.